The molecule has 9 radical (unpaired) electrons. The Kier molecular flexibility index (Phi) is 4.07. The van der Waals surface area contributed by atoms with E-state index in [-0.39, 0.29) is 4.43 Å². The Hall–Kier alpha value is 1.59. The molecule has 1 nitrogen and oxygen atoms in total. The average molecular weight is 329 g/mol. The molecule has 0 heterocycles. The summed E-state index contributed by atoms with van der Waals surface area (Å²) in [6.45, 7) is 0. The second-order valence-corrected chi connectivity index (χ2v) is 8.57. The molecule has 2 unspecified atom stereocenters. The van der Waals surface area contributed by atoms with Gasteiger partial charge in [-0.15, -0.1) is 0 Å². The Morgan fingerprint density at radius 2 is 1.73 bits per heavy atom. The van der Waals surface area contributed by atoms with Crippen LogP contribution in [0.4, 0.5) is 0 Å². The van der Waals surface area contributed by atoms with E-state index in [1.165, 1.54) is 19.3 Å². The first-order valence-electron chi connectivity index (χ1n) is 3.78. The van der Waals surface area contributed by atoms with Crippen LogP contribution in [-0.2, 0) is 4.74 Å². The molecular weight excluding hydrogens is 318 g/mol. The molecule has 0 aromatic heterocycles. The van der Waals surface area contributed by atoms with Crippen molar-refractivity contribution in [1.82, 2.24) is 0 Å². The quantitative estimate of drug-likeness (QED) is 0.640. The summed E-state index contributed by atoms with van der Waals surface area (Å²) in [6.07, 6.45) is 3.83. The molecule has 0 aliphatic heterocycles. The molecular formula is C7H11Ge3O. The van der Waals surface area contributed by atoms with Crippen molar-refractivity contribution in [2.24, 2.45) is 0 Å². The van der Waals surface area contributed by atoms with Gasteiger partial charge in [-0.05, 0) is 0 Å². The van der Waals surface area contributed by atoms with Crippen LogP contribution in [0.3, 0.4) is 0 Å². The molecule has 4 heteroatoms. The third-order valence-corrected chi connectivity index (χ3v) is 5.24. The third kappa shape index (κ3) is 3.08. The van der Waals surface area contributed by atoms with Crippen LogP contribution in [0.2, 0.25) is 9.50 Å². The molecule has 1 fully saturated rings. The fraction of sp³-hybridized carbons (Fsp3) is 1.00. The van der Waals surface area contributed by atoms with Crippen molar-refractivity contribution >= 4 is 49.5 Å². The van der Waals surface area contributed by atoms with E-state index >= 15 is 0 Å². The van der Waals surface area contributed by atoms with E-state index in [4.69, 9.17) is 4.74 Å². The Balaban J connectivity index is 2.55. The van der Waals surface area contributed by atoms with Crippen LogP contribution >= 0.6 is 0 Å². The van der Waals surface area contributed by atoms with Crippen LogP contribution in [0, 0.1) is 0 Å². The number of ether oxygens (including phenoxy) is 1. The van der Waals surface area contributed by atoms with Gasteiger partial charge in [0.25, 0.3) is 0 Å². The molecule has 0 saturated heterocycles. The van der Waals surface area contributed by atoms with E-state index in [1.54, 1.807) is 0 Å². The van der Waals surface area contributed by atoms with E-state index in [1.807, 2.05) is 7.11 Å². The van der Waals surface area contributed by atoms with Crippen molar-refractivity contribution in [2.45, 2.75) is 33.2 Å². The van der Waals surface area contributed by atoms with Crippen LogP contribution in [0.5, 0.6) is 0 Å². The van der Waals surface area contributed by atoms with Gasteiger partial charge in [-0.1, -0.05) is 0 Å². The summed E-state index contributed by atoms with van der Waals surface area (Å²) in [7, 11) is 1.84. The minimum atomic E-state index is 0.164. The predicted molar refractivity (Wildman–Crippen MR) is 48.4 cm³/mol. The van der Waals surface area contributed by atoms with Gasteiger partial charge in [-0.25, -0.2) is 0 Å². The maximum atomic E-state index is 5.52. The van der Waals surface area contributed by atoms with Crippen molar-refractivity contribution in [3.8, 4) is 0 Å². The fourth-order valence-corrected chi connectivity index (χ4v) is 8.00. The molecule has 1 aliphatic rings. The first kappa shape index (κ1) is 10.7. The number of hydrogen-bond acceptors (Lipinski definition) is 1. The van der Waals surface area contributed by atoms with Crippen LogP contribution in [0.25, 0.3) is 0 Å². The zero-order chi connectivity index (χ0) is 8.48. The molecule has 1 saturated carbocycles. The number of rotatable bonds is 1. The molecule has 0 bridgehead atoms. The van der Waals surface area contributed by atoms with Crippen molar-refractivity contribution < 1.29 is 4.74 Å². The van der Waals surface area contributed by atoms with E-state index in [0.29, 0.717) is 0 Å². The Labute approximate surface area is 94.1 Å². The summed E-state index contributed by atoms with van der Waals surface area (Å²) in [4.78, 5) is 0. The summed E-state index contributed by atoms with van der Waals surface area (Å²) in [6, 6.07) is 0. The summed E-state index contributed by atoms with van der Waals surface area (Å²) in [5.74, 6) is 0. The molecule has 0 aromatic carbocycles. The van der Waals surface area contributed by atoms with Gasteiger partial charge in [-0.3, -0.25) is 0 Å². The van der Waals surface area contributed by atoms with Gasteiger partial charge < -0.3 is 0 Å². The van der Waals surface area contributed by atoms with Crippen LogP contribution in [0.15, 0.2) is 0 Å². The normalized spacial score (nSPS) is 45.8. The minimum absolute atomic E-state index is 0.164. The van der Waals surface area contributed by atoms with Gasteiger partial charge in [-0.2, -0.15) is 0 Å². The first-order chi connectivity index (χ1) is 5.06. The summed E-state index contributed by atoms with van der Waals surface area (Å²) < 4.78 is 7.36. The predicted octanol–water partition coefficient (Wildman–Crippen LogP) is 0.595. The fourth-order valence-electron chi connectivity index (χ4n) is 1.56. The van der Waals surface area contributed by atoms with E-state index in [0.717, 1.165) is 9.50 Å². The maximum absolute atomic E-state index is 5.52. The molecule has 1 aliphatic carbocycles. The van der Waals surface area contributed by atoms with Crippen molar-refractivity contribution in [2.75, 3.05) is 7.11 Å². The van der Waals surface area contributed by atoms with Crippen LogP contribution in [-0.4, -0.2) is 61.1 Å². The van der Waals surface area contributed by atoms with Crippen LogP contribution in [0.1, 0.15) is 19.3 Å². The molecule has 2 atom stereocenters. The first-order valence-corrected chi connectivity index (χ1v) is 7.25. The Morgan fingerprint density at radius 3 is 2.09 bits per heavy atom. The molecule has 0 spiro atoms. The van der Waals surface area contributed by atoms with E-state index in [2.05, 4.69) is 49.5 Å². The van der Waals surface area contributed by atoms with Gasteiger partial charge in [0.2, 0.25) is 0 Å². The summed E-state index contributed by atoms with van der Waals surface area (Å²) >= 11 is 6.89. The zero-order valence-electron chi connectivity index (χ0n) is 6.68. The topological polar surface area (TPSA) is 9.23 Å². The molecule has 0 aromatic rings. The monoisotopic (exact) mass is 333 g/mol. The SMILES string of the molecule is CO[C]1([Ge])C[CH]([Ge])C[CH]([Ge])C1. The summed E-state index contributed by atoms with van der Waals surface area (Å²) in [5, 5.41) is 0. The van der Waals surface area contributed by atoms with Gasteiger partial charge in [0.05, 0.1) is 0 Å². The van der Waals surface area contributed by atoms with Gasteiger partial charge in [0, 0.05) is 0 Å². The van der Waals surface area contributed by atoms with E-state index < -0.39 is 0 Å². The van der Waals surface area contributed by atoms with Gasteiger partial charge in [0.15, 0.2) is 0 Å². The Morgan fingerprint density at radius 1 is 1.27 bits per heavy atom. The van der Waals surface area contributed by atoms with Gasteiger partial charge in [0.1, 0.15) is 0 Å². The molecule has 0 amide bonds. The molecule has 1 rings (SSSR count). The zero-order valence-corrected chi connectivity index (χ0v) is 13.0. The van der Waals surface area contributed by atoms with Crippen molar-refractivity contribution in [3.05, 3.63) is 0 Å². The molecule has 11 heavy (non-hydrogen) atoms. The van der Waals surface area contributed by atoms with Crippen molar-refractivity contribution in [3.63, 3.8) is 0 Å². The molecule has 57 valence electrons. The van der Waals surface area contributed by atoms with E-state index in [9.17, 15) is 0 Å². The third-order valence-electron chi connectivity index (χ3n) is 2.11. The number of hydrogen-bond donors (Lipinski definition) is 0. The van der Waals surface area contributed by atoms with Crippen LogP contribution < -0.4 is 0 Å². The van der Waals surface area contributed by atoms with Gasteiger partial charge >= 0.3 is 94.6 Å². The second kappa shape index (κ2) is 4.20. The molecule has 0 N–H and O–H groups in total. The second-order valence-electron chi connectivity index (χ2n) is 3.24. The number of methoxy groups -OCH3 is 1. The van der Waals surface area contributed by atoms with Crippen molar-refractivity contribution in [1.29, 1.82) is 0 Å². The summed E-state index contributed by atoms with van der Waals surface area (Å²) in [5.41, 5.74) is 0. The Bertz CT molecular complexity index is 130. The standard InChI is InChI=1S/C7H11Ge3O/c1-11-7(10)3-5(8)2-6(9)4-7/h5-6H,2-4H2,1H3. The average Bonchev–Trinajstić information content (AvgIpc) is 1.84.